The molecule has 0 fully saturated rings. The molecular weight excluding hydrogens is 180 g/mol. The van der Waals surface area contributed by atoms with Gasteiger partial charge in [-0.1, -0.05) is 6.92 Å². The van der Waals surface area contributed by atoms with E-state index >= 15 is 0 Å². The molecule has 0 saturated heterocycles. The van der Waals surface area contributed by atoms with Crippen molar-refractivity contribution in [2.24, 2.45) is 0 Å². The number of hydrogen-bond donors (Lipinski definition) is 0. The third kappa shape index (κ3) is 6.45. The molecule has 0 unspecified atom stereocenters. The van der Waals surface area contributed by atoms with Gasteiger partial charge < -0.3 is 4.74 Å². The third-order valence-corrected chi connectivity index (χ3v) is 1.52. The van der Waals surface area contributed by atoms with Gasteiger partial charge in [0, 0.05) is 0 Å². The molecule has 0 radical (unpaired) electrons. The zero-order chi connectivity index (χ0) is 10.3. The second-order valence-corrected chi connectivity index (χ2v) is 2.70. The van der Waals surface area contributed by atoms with E-state index in [2.05, 4.69) is 4.74 Å². The minimum absolute atomic E-state index is 0.0608. The molecule has 0 rings (SSSR count). The van der Waals surface area contributed by atoms with Crippen LogP contribution in [0.15, 0.2) is 0 Å². The Balaban J connectivity index is 3.86. The lowest BCUT2D eigenvalue weighted by Gasteiger charge is -2.19. The van der Waals surface area contributed by atoms with Gasteiger partial charge in [0.25, 0.3) is 6.43 Å². The fourth-order valence-electron chi connectivity index (χ4n) is 0.993. The van der Waals surface area contributed by atoms with Crippen LogP contribution in [0, 0.1) is 0 Å². The Bertz CT molecular complexity index is 153. The summed E-state index contributed by atoms with van der Waals surface area (Å²) < 4.78 is 28.3. The molecule has 5 heteroatoms. The van der Waals surface area contributed by atoms with Gasteiger partial charge in [-0.25, -0.2) is 8.78 Å². The van der Waals surface area contributed by atoms with Crippen LogP contribution < -0.4 is 0 Å². The average molecular weight is 195 g/mol. The summed E-state index contributed by atoms with van der Waals surface area (Å²) in [5, 5.41) is 0. The minimum atomic E-state index is -2.41. The Morgan fingerprint density at radius 2 is 2.15 bits per heavy atom. The first kappa shape index (κ1) is 12.3. The Morgan fingerprint density at radius 1 is 1.54 bits per heavy atom. The van der Waals surface area contributed by atoms with Crippen molar-refractivity contribution in [2.45, 2.75) is 19.8 Å². The standard InChI is InChI=1S/C8H15F2NO2/c1-3-4-11(5-7(9)10)6-8(12)13-2/h7H,3-6H2,1-2H3. The number of rotatable bonds is 6. The number of esters is 1. The number of ether oxygens (including phenoxy) is 1. The van der Waals surface area contributed by atoms with Crippen LogP contribution >= 0.6 is 0 Å². The molecule has 0 spiro atoms. The van der Waals surface area contributed by atoms with Gasteiger partial charge in [-0.2, -0.15) is 0 Å². The number of nitrogens with zero attached hydrogens (tertiary/aromatic N) is 1. The second kappa shape index (κ2) is 6.77. The summed E-state index contributed by atoms with van der Waals surface area (Å²) in [5.74, 6) is -0.478. The van der Waals surface area contributed by atoms with E-state index in [0.717, 1.165) is 6.42 Å². The molecule has 0 amide bonds. The second-order valence-electron chi connectivity index (χ2n) is 2.70. The highest BCUT2D eigenvalue weighted by molar-refractivity contribution is 5.71. The summed E-state index contributed by atoms with van der Waals surface area (Å²) in [7, 11) is 1.24. The predicted molar refractivity (Wildman–Crippen MR) is 44.8 cm³/mol. The number of halogens is 2. The van der Waals surface area contributed by atoms with E-state index in [1.165, 1.54) is 12.0 Å². The fraction of sp³-hybridized carbons (Fsp3) is 0.875. The molecular formula is C8H15F2NO2. The molecule has 0 aromatic heterocycles. The predicted octanol–water partition coefficient (Wildman–Crippen LogP) is 1.14. The molecule has 3 nitrogen and oxygen atoms in total. The Kier molecular flexibility index (Phi) is 6.40. The molecule has 0 heterocycles. The van der Waals surface area contributed by atoms with Crippen molar-refractivity contribution in [3.63, 3.8) is 0 Å². The maximum atomic E-state index is 12.0. The van der Waals surface area contributed by atoms with E-state index in [4.69, 9.17) is 0 Å². The van der Waals surface area contributed by atoms with Crippen LogP contribution in [0.5, 0.6) is 0 Å². The smallest absolute Gasteiger partial charge is 0.319 e. The maximum absolute atomic E-state index is 12.0. The largest absolute Gasteiger partial charge is 0.468 e. The first-order chi connectivity index (χ1) is 6.10. The van der Waals surface area contributed by atoms with Crippen LogP contribution in [0.3, 0.4) is 0 Å². The van der Waals surface area contributed by atoms with Gasteiger partial charge in [-0.05, 0) is 13.0 Å². The summed E-state index contributed by atoms with van der Waals surface area (Å²) in [6, 6.07) is 0. The van der Waals surface area contributed by atoms with E-state index in [9.17, 15) is 13.6 Å². The zero-order valence-corrected chi connectivity index (χ0v) is 7.93. The summed E-state index contributed by atoms with van der Waals surface area (Å²) in [6.07, 6.45) is -1.67. The summed E-state index contributed by atoms with van der Waals surface area (Å²) in [6.45, 7) is 1.92. The monoisotopic (exact) mass is 195 g/mol. The van der Waals surface area contributed by atoms with Gasteiger partial charge in [0.1, 0.15) is 0 Å². The molecule has 0 aliphatic carbocycles. The third-order valence-electron chi connectivity index (χ3n) is 1.52. The lowest BCUT2D eigenvalue weighted by Crippen LogP contribution is -2.35. The molecule has 0 aromatic rings. The fourth-order valence-corrected chi connectivity index (χ4v) is 0.993. The summed E-state index contributed by atoms with van der Waals surface area (Å²) >= 11 is 0. The van der Waals surface area contributed by atoms with Crippen molar-refractivity contribution in [1.82, 2.24) is 4.90 Å². The Labute approximate surface area is 76.7 Å². The van der Waals surface area contributed by atoms with Crippen molar-refractivity contribution in [3.8, 4) is 0 Å². The van der Waals surface area contributed by atoms with E-state index in [0.29, 0.717) is 6.54 Å². The molecule has 13 heavy (non-hydrogen) atoms. The molecule has 0 aliphatic rings. The van der Waals surface area contributed by atoms with Crippen molar-refractivity contribution in [2.75, 3.05) is 26.7 Å². The van der Waals surface area contributed by atoms with Gasteiger partial charge in [-0.3, -0.25) is 9.69 Å². The normalized spacial score (nSPS) is 10.9. The quantitative estimate of drug-likeness (QED) is 0.595. The molecule has 0 atom stereocenters. The highest BCUT2D eigenvalue weighted by Gasteiger charge is 2.14. The van der Waals surface area contributed by atoms with Crippen LogP contribution in [0.4, 0.5) is 8.78 Å². The maximum Gasteiger partial charge on any atom is 0.319 e. The van der Waals surface area contributed by atoms with Gasteiger partial charge in [0.05, 0.1) is 20.2 Å². The van der Waals surface area contributed by atoms with Crippen LogP contribution in [-0.4, -0.2) is 44.0 Å². The number of methoxy groups -OCH3 is 1. The Morgan fingerprint density at radius 3 is 2.54 bits per heavy atom. The summed E-state index contributed by atoms with van der Waals surface area (Å²) in [4.78, 5) is 12.2. The van der Waals surface area contributed by atoms with Crippen LogP contribution in [0.1, 0.15) is 13.3 Å². The van der Waals surface area contributed by atoms with Crippen molar-refractivity contribution >= 4 is 5.97 Å². The van der Waals surface area contributed by atoms with Crippen LogP contribution in [0.2, 0.25) is 0 Å². The highest BCUT2D eigenvalue weighted by Crippen LogP contribution is 1.99. The molecule has 0 saturated carbocycles. The van der Waals surface area contributed by atoms with Gasteiger partial charge in [0.2, 0.25) is 0 Å². The topological polar surface area (TPSA) is 29.5 Å². The summed E-state index contributed by atoms with van der Waals surface area (Å²) in [5.41, 5.74) is 0. The van der Waals surface area contributed by atoms with Crippen molar-refractivity contribution in [1.29, 1.82) is 0 Å². The molecule has 0 aliphatic heterocycles. The molecule has 78 valence electrons. The van der Waals surface area contributed by atoms with Gasteiger partial charge in [-0.15, -0.1) is 0 Å². The minimum Gasteiger partial charge on any atom is -0.468 e. The first-order valence-corrected chi connectivity index (χ1v) is 4.17. The van der Waals surface area contributed by atoms with E-state index in [-0.39, 0.29) is 13.1 Å². The van der Waals surface area contributed by atoms with Gasteiger partial charge in [0.15, 0.2) is 0 Å². The SMILES string of the molecule is CCCN(CC(=O)OC)CC(F)F. The first-order valence-electron chi connectivity index (χ1n) is 4.17. The van der Waals surface area contributed by atoms with E-state index in [1.54, 1.807) is 0 Å². The number of alkyl halides is 2. The Hall–Kier alpha value is -0.710. The number of hydrogen-bond acceptors (Lipinski definition) is 3. The zero-order valence-electron chi connectivity index (χ0n) is 7.93. The average Bonchev–Trinajstić information content (AvgIpc) is 2.03. The van der Waals surface area contributed by atoms with Gasteiger partial charge >= 0.3 is 5.97 Å². The van der Waals surface area contributed by atoms with Crippen LogP contribution in [-0.2, 0) is 9.53 Å². The highest BCUT2D eigenvalue weighted by atomic mass is 19.3. The van der Waals surface area contributed by atoms with E-state index < -0.39 is 12.4 Å². The molecule has 0 N–H and O–H groups in total. The van der Waals surface area contributed by atoms with Crippen molar-refractivity contribution < 1.29 is 18.3 Å². The lowest BCUT2D eigenvalue weighted by atomic mass is 10.4. The number of carbonyl (C=O) groups excluding carboxylic acids is 1. The molecule has 0 bridgehead atoms. The molecule has 0 aromatic carbocycles. The van der Waals surface area contributed by atoms with Crippen molar-refractivity contribution in [3.05, 3.63) is 0 Å². The van der Waals surface area contributed by atoms with E-state index in [1.807, 2.05) is 6.92 Å². The number of carbonyl (C=O) groups is 1. The lowest BCUT2D eigenvalue weighted by molar-refractivity contribution is -0.142. The van der Waals surface area contributed by atoms with Crippen LogP contribution in [0.25, 0.3) is 0 Å².